The Morgan fingerprint density at radius 3 is 2.64 bits per heavy atom. The van der Waals surface area contributed by atoms with E-state index in [0.29, 0.717) is 23.7 Å². The van der Waals surface area contributed by atoms with Gasteiger partial charge in [-0.25, -0.2) is 9.37 Å². The van der Waals surface area contributed by atoms with Crippen molar-refractivity contribution in [2.75, 3.05) is 7.11 Å². The van der Waals surface area contributed by atoms with Gasteiger partial charge in [-0.05, 0) is 42.9 Å². The Hall–Kier alpha value is -3.54. The summed E-state index contributed by atoms with van der Waals surface area (Å²) in [6, 6.07) is 17.1. The molecule has 2 aromatic carbocycles. The van der Waals surface area contributed by atoms with Gasteiger partial charge in [-0.1, -0.05) is 54.5 Å². The summed E-state index contributed by atoms with van der Waals surface area (Å²) in [6.07, 6.45) is 4.29. The Kier molecular flexibility index (Phi) is 4.57. The van der Waals surface area contributed by atoms with Gasteiger partial charge in [0.25, 0.3) is 0 Å². The number of halogens is 1. The van der Waals surface area contributed by atoms with Crippen LogP contribution in [-0.2, 0) is 18.3 Å². The molecule has 0 amide bonds. The van der Waals surface area contributed by atoms with Crippen molar-refractivity contribution < 1.29 is 13.7 Å². The van der Waals surface area contributed by atoms with Gasteiger partial charge in [0.2, 0.25) is 5.88 Å². The highest BCUT2D eigenvalue weighted by atomic mass is 19.1. The minimum Gasteiger partial charge on any atom is -0.481 e. The number of hydrogen-bond acceptors (Lipinski definition) is 5. The molecule has 0 saturated carbocycles. The SMILES string of the molecule is COc1nc(-c2ccccc2F)nc2c1CC[C@H]1[C@H](C)c3oncc3C[C@]21c1ccccc1. The summed E-state index contributed by atoms with van der Waals surface area (Å²) in [6.45, 7) is 2.22. The van der Waals surface area contributed by atoms with Crippen LogP contribution in [0.2, 0.25) is 0 Å². The average molecular weight is 442 g/mol. The summed E-state index contributed by atoms with van der Waals surface area (Å²) in [4.78, 5) is 9.74. The molecule has 2 aliphatic carbocycles. The molecule has 2 aliphatic rings. The first-order valence-corrected chi connectivity index (χ1v) is 11.3. The number of hydrogen-bond donors (Lipinski definition) is 0. The first kappa shape index (κ1) is 20.1. The van der Waals surface area contributed by atoms with Crippen LogP contribution in [0.25, 0.3) is 11.4 Å². The van der Waals surface area contributed by atoms with Crippen molar-refractivity contribution in [3.63, 3.8) is 0 Å². The highest BCUT2D eigenvalue weighted by Gasteiger charge is 2.54. The largest absolute Gasteiger partial charge is 0.481 e. The molecular formula is C27H24FN3O2. The Bertz CT molecular complexity index is 1340. The van der Waals surface area contributed by atoms with E-state index in [1.165, 1.54) is 11.6 Å². The summed E-state index contributed by atoms with van der Waals surface area (Å²) >= 11 is 0. The second-order valence-electron chi connectivity index (χ2n) is 9.03. The number of benzene rings is 2. The molecule has 5 nitrogen and oxygen atoms in total. The maximum absolute atomic E-state index is 14.8. The summed E-state index contributed by atoms with van der Waals surface area (Å²) in [7, 11) is 1.62. The molecule has 2 aromatic heterocycles. The van der Waals surface area contributed by atoms with Crippen LogP contribution in [0.4, 0.5) is 4.39 Å². The lowest BCUT2D eigenvalue weighted by Crippen LogP contribution is -2.48. The Balaban J connectivity index is 1.67. The Morgan fingerprint density at radius 1 is 1.06 bits per heavy atom. The van der Waals surface area contributed by atoms with E-state index >= 15 is 0 Å². The van der Waals surface area contributed by atoms with Crippen LogP contribution >= 0.6 is 0 Å². The second kappa shape index (κ2) is 7.51. The van der Waals surface area contributed by atoms with Crippen LogP contribution in [0.1, 0.15) is 47.4 Å². The summed E-state index contributed by atoms with van der Waals surface area (Å²) < 4.78 is 26.2. The zero-order valence-corrected chi connectivity index (χ0v) is 18.6. The van der Waals surface area contributed by atoms with Crippen molar-refractivity contribution in [3.8, 4) is 17.3 Å². The van der Waals surface area contributed by atoms with Gasteiger partial charge in [-0.15, -0.1) is 0 Å². The van der Waals surface area contributed by atoms with E-state index in [-0.39, 0.29) is 17.7 Å². The van der Waals surface area contributed by atoms with E-state index in [0.717, 1.165) is 35.4 Å². The lowest BCUT2D eigenvalue weighted by Gasteiger charge is -2.50. The Labute approximate surface area is 191 Å². The van der Waals surface area contributed by atoms with Crippen LogP contribution < -0.4 is 4.74 Å². The minimum atomic E-state index is -0.414. The van der Waals surface area contributed by atoms with Gasteiger partial charge < -0.3 is 9.26 Å². The van der Waals surface area contributed by atoms with E-state index in [9.17, 15) is 4.39 Å². The average Bonchev–Trinajstić information content (AvgIpc) is 3.33. The standard InChI is InChI=1S/C27H24FN3O2/c1-16-21-13-12-20-24(30-25(31-26(20)32-2)19-10-6-7-11-22(19)28)27(21,18-8-4-3-5-9-18)14-17-15-29-33-23(16)17/h3-11,15-16,21H,12-14H2,1-2H3/t16-,21-,27+/m0/s1. The van der Waals surface area contributed by atoms with E-state index in [1.54, 1.807) is 25.3 Å². The van der Waals surface area contributed by atoms with Crippen molar-refractivity contribution in [2.24, 2.45) is 5.92 Å². The number of methoxy groups -OCH3 is 1. The van der Waals surface area contributed by atoms with E-state index < -0.39 is 5.41 Å². The summed E-state index contributed by atoms with van der Waals surface area (Å²) in [5.74, 6) is 1.91. The van der Waals surface area contributed by atoms with Crippen molar-refractivity contribution in [1.29, 1.82) is 0 Å². The van der Waals surface area contributed by atoms with Crippen LogP contribution in [0.15, 0.2) is 65.3 Å². The highest BCUT2D eigenvalue weighted by molar-refractivity contribution is 5.60. The van der Waals surface area contributed by atoms with Gasteiger partial charge in [0.05, 0.1) is 24.6 Å². The molecule has 33 heavy (non-hydrogen) atoms. The van der Waals surface area contributed by atoms with Crippen LogP contribution in [-0.4, -0.2) is 22.2 Å². The van der Waals surface area contributed by atoms with Gasteiger partial charge in [0.1, 0.15) is 11.6 Å². The molecule has 3 atom stereocenters. The molecule has 166 valence electrons. The summed E-state index contributed by atoms with van der Waals surface area (Å²) in [5.41, 5.74) is 4.18. The zero-order chi connectivity index (χ0) is 22.6. The zero-order valence-electron chi connectivity index (χ0n) is 18.6. The van der Waals surface area contributed by atoms with Crippen LogP contribution in [0.3, 0.4) is 0 Å². The third-order valence-electron chi connectivity index (χ3n) is 7.49. The van der Waals surface area contributed by atoms with Gasteiger partial charge in [0.15, 0.2) is 5.82 Å². The van der Waals surface area contributed by atoms with Crippen molar-refractivity contribution in [1.82, 2.24) is 15.1 Å². The van der Waals surface area contributed by atoms with Gasteiger partial charge in [0, 0.05) is 22.5 Å². The number of nitrogens with zero attached hydrogens (tertiary/aromatic N) is 3. The molecule has 4 aromatic rings. The van der Waals surface area contributed by atoms with E-state index in [4.69, 9.17) is 14.2 Å². The van der Waals surface area contributed by atoms with E-state index in [2.05, 4.69) is 41.3 Å². The van der Waals surface area contributed by atoms with Crippen molar-refractivity contribution in [2.45, 2.75) is 37.5 Å². The molecule has 0 N–H and O–H groups in total. The summed E-state index contributed by atoms with van der Waals surface area (Å²) in [5, 5.41) is 4.12. The number of aromatic nitrogens is 3. The molecule has 6 rings (SSSR count). The smallest absolute Gasteiger partial charge is 0.220 e. The lowest BCUT2D eigenvalue weighted by molar-refractivity contribution is 0.186. The predicted octanol–water partition coefficient (Wildman–Crippen LogP) is 5.49. The fourth-order valence-electron chi connectivity index (χ4n) is 6.05. The first-order chi connectivity index (χ1) is 16.1. The molecule has 0 spiro atoms. The normalized spacial score (nSPS) is 23.4. The molecular weight excluding hydrogens is 417 g/mol. The van der Waals surface area contributed by atoms with Crippen LogP contribution in [0.5, 0.6) is 5.88 Å². The third kappa shape index (κ3) is 2.86. The number of rotatable bonds is 3. The molecule has 0 radical (unpaired) electrons. The maximum Gasteiger partial charge on any atom is 0.220 e. The number of fused-ring (bicyclic) bond motifs is 4. The second-order valence-corrected chi connectivity index (χ2v) is 9.03. The van der Waals surface area contributed by atoms with Gasteiger partial charge in [-0.2, -0.15) is 4.98 Å². The molecule has 0 bridgehead atoms. The molecule has 6 heteroatoms. The Morgan fingerprint density at radius 2 is 1.85 bits per heavy atom. The minimum absolute atomic E-state index is 0.169. The van der Waals surface area contributed by atoms with E-state index in [1.807, 2.05) is 12.3 Å². The third-order valence-corrected chi connectivity index (χ3v) is 7.49. The van der Waals surface area contributed by atoms with Gasteiger partial charge in [-0.3, -0.25) is 0 Å². The molecule has 0 saturated heterocycles. The predicted molar refractivity (Wildman–Crippen MR) is 122 cm³/mol. The monoisotopic (exact) mass is 441 g/mol. The quantitative estimate of drug-likeness (QED) is 0.421. The molecule has 0 fully saturated rings. The van der Waals surface area contributed by atoms with Crippen molar-refractivity contribution in [3.05, 3.63) is 94.8 Å². The first-order valence-electron chi connectivity index (χ1n) is 11.3. The van der Waals surface area contributed by atoms with Crippen molar-refractivity contribution >= 4 is 0 Å². The highest BCUT2D eigenvalue weighted by Crippen LogP contribution is 2.57. The van der Waals surface area contributed by atoms with Gasteiger partial charge >= 0.3 is 0 Å². The fraction of sp³-hybridized carbons (Fsp3) is 0.296. The maximum atomic E-state index is 14.8. The van der Waals surface area contributed by atoms with Crippen LogP contribution in [0, 0.1) is 11.7 Å². The molecule has 0 unspecified atom stereocenters. The molecule has 0 aliphatic heterocycles. The topological polar surface area (TPSA) is 61.0 Å². The lowest BCUT2D eigenvalue weighted by atomic mass is 9.53. The number of ether oxygens (including phenoxy) is 1. The molecule has 2 heterocycles. The fourth-order valence-corrected chi connectivity index (χ4v) is 6.05.